The number of carbonyl (C=O) groups is 3. The van der Waals surface area contributed by atoms with Crippen molar-refractivity contribution >= 4 is 46.6 Å². The monoisotopic (exact) mass is 560 g/mol. The second kappa shape index (κ2) is 10.3. The number of aliphatic imine (C=N–C) groups is 1. The first-order chi connectivity index (χ1) is 18.3. The molecular weight excluding hydrogens is 544 g/mol. The summed E-state index contributed by atoms with van der Waals surface area (Å²) in [4.78, 5) is 42.6. The van der Waals surface area contributed by atoms with Gasteiger partial charge in [0.25, 0.3) is 11.8 Å². The van der Waals surface area contributed by atoms with Crippen molar-refractivity contribution in [3.05, 3.63) is 87.7 Å². The number of aromatic carboxylic acids is 1. The van der Waals surface area contributed by atoms with Gasteiger partial charge in [0.15, 0.2) is 0 Å². The molecule has 0 saturated carbocycles. The normalized spacial score (nSPS) is 11.8. The highest BCUT2D eigenvalue weighted by molar-refractivity contribution is 6.34. The molecule has 0 unspecified atom stereocenters. The van der Waals surface area contributed by atoms with Crippen molar-refractivity contribution in [2.24, 2.45) is 4.99 Å². The molecule has 0 bridgehead atoms. The number of aromatic nitrogens is 2. The Morgan fingerprint density at radius 2 is 1.74 bits per heavy atom. The van der Waals surface area contributed by atoms with Crippen LogP contribution in [0.5, 0.6) is 0 Å². The van der Waals surface area contributed by atoms with Crippen LogP contribution in [-0.2, 0) is 6.18 Å². The van der Waals surface area contributed by atoms with Crippen molar-refractivity contribution in [3.8, 4) is 11.3 Å². The van der Waals surface area contributed by atoms with Gasteiger partial charge in [-0.1, -0.05) is 17.7 Å². The van der Waals surface area contributed by atoms with Crippen LogP contribution in [-0.4, -0.2) is 58.0 Å². The third kappa shape index (κ3) is 5.36. The lowest BCUT2D eigenvalue weighted by Crippen LogP contribution is -2.20. The molecule has 1 aromatic heterocycles. The van der Waals surface area contributed by atoms with E-state index in [0.717, 1.165) is 30.3 Å². The van der Waals surface area contributed by atoms with E-state index in [9.17, 15) is 31.9 Å². The number of nitrogens with zero attached hydrogens (tertiary/aromatic N) is 4. The highest BCUT2D eigenvalue weighted by Crippen LogP contribution is 2.37. The Balaban J connectivity index is 1.99. The summed E-state index contributed by atoms with van der Waals surface area (Å²) in [5.41, 5.74) is -3.13. The third-order valence-electron chi connectivity index (χ3n) is 5.53. The third-order valence-corrected chi connectivity index (χ3v) is 5.85. The molecule has 3 aromatic carbocycles. The van der Waals surface area contributed by atoms with Crippen LogP contribution in [0, 0.1) is 5.82 Å². The molecule has 0 atom stereocenters. The van der Waals surface area contributed by atoms with E-state index < -0.39 is 45.9 Å². The maximum absolute atomic E-state index is 15.0. The summed E-state index contributed by atoms with van der Waals surface area (Å²) in [5, 5.41) is 12.8. The average Bonchev–Trinajstić information content (AvgIpc) is 3.24. The lowest BCUT2D eigenvalue weighted by Gasteiger charge is -2.13. The highest BCUT2D eigenvalue weighted by atomic mass is 35.5. The summed E-state index contributed by atoms with van der Waals surface area (Å²) < 4.78 is 56.9. The zero-order valence-corrected chi connectivity index (χ0v) is 20.9. The van der Waals surface area contributed by atoms with Crippen molar-refractivity contribution in [2.45, 2.75) is 6.18 Å². The van der Waals surface area contributed by atoms with Gasteiger partial charge in [-0.3, -0.25) is 9.59 Å². The van der Waals surface area contributed by atoms with Crippen LogP contribution in [0.25, 0.3) is 22.2 Å². The quantitative estimate of drug-likeness (QED) is 0.193. The predicted octanol–water partition coefficient (Wildman–Crippen LogP) is 5.63. The van der Waals surface area contributed by atoms with Gasteiger partial charge in [0.05, 0.1) is 33.6 Å². The van der Waals surface area contributed by atoms with Crippen molar-refractivity contribution in [1.82, 2.24) is 14.7 Å². The zero-order valence-electron chi connectivity index (χ0n) is 20.1. The van der Waals surface area contributed by atoms with Crippen LogP contribution in [0.3, 0.4) is 0 Å². The summed E-state index contributed by atoms with van der Waals surface area (Å²) in [6.45, 7) is 0. The number of halogens is 5. The first-order valence-corrected chi connectivity index (χ1v) is 11.4. The van der Waals surface area contributed by atoms with E-state index in [4.69, 9.17) is 16.7 Å². The average molecular weight is 561 g/mol. The first kappa shape index (κ1) is 27.5. The van der Waals surface area contributed by atoms with E-state index in [1.807, 2.05) is 0 Å². The van der Waals surface area contributed by atoms with E-state index in [0.29, 0.717) is 10.7 Å². The molecule has 8 nitrogen and oxygen atoms in total. The summed E-state index contributed by atoms with van der Waals surface area (Å²) in [5.74, 6) is -4.39. The Morgan fingerprint density at radius 1 is 1.05 bits per heavy atom. The number of hydrogen-bond donors (Lipinski definition) is 1. The van der Waals surface area contributed by atoms with Gasteiger partial charge >= 0.3 is 12.1 Å². The molecular formula is C26H17ClF4N4O4. The minimum absolute atomic E-state index is 0.0296. The SMILES string of the molecule is CN(C)/C=N/C(=O)c1ccc2c(-c3ccc(C(=O)O)cc3F)nn(C(=O)c3c(Cl)cccc3C(F)(F)F)c2c1. The second-order valence-electron chi connectivity index (χ2n) is 8.47. The number of fused-ring (bicyclic) bond motifs is 1. The Labute approximate surface area is 222 Å². The number of hydrogen-bond acceptors (Lipinski definition) is 4. The molecule has 4 aromatic rings. The number of benzene rings is 3. The number of carboxylic acid groups (broad SMARTS) is 1. The second-order valence-corrected chi connectivity index (χ2v) is 8.88. The van der Waals surface area contributed by atoms with Crippen molar-refractivity contribution in [1.29, 1.82) is 0 Å². The van der Waals surface area contributed by atoms with E-state index in [1.54, 1.807) is 14.1 Å². The van der Waals surface area contributed by atoms with Gasteiger partial charge in [-0.25, -0.2) is 9.18 Å². The van der Waals surface area contributed by atoms with Crippen molar-refractivity contribution in [3.63, 3.8) is 0 Å². The van der Waals surface area contributed by atoms with Gasteiger partial charge in [-0.05, 0) is 48.5 Å². The minimum atomic E-state index is -4.94. The van der Waals surface area contributed by atoms with E-state index in [-0.39, 0.29) is 33.3 Å². The molecule has 200 valence electrons. The molecule has 1 amide bonds. The first-order valence-electron chi connectivity index (χ1n) is 11.0. The molecule has 1 N–H and O–H groups in total. The summed E-state index contributed by atoms with van der Waals surface area (Å²) in [7, 11) is 3.26. The molecule has 0 aliphatic heterocycles. The maximum Gasteiger partial charge on any atom is 0.417 e. The largest absolute Gasteiger partial charge is 0.478 e. The van der Waals surface area contributed by atoms with Gasteiger partial charge in [0.1, 0.15) is 11.5 Å². The van der Waals surface area contributed by atoms with Gasteiger partial charge in [0, 0.05) is 30.6 Å². The number of carbonyl (C=O) groups excluding carboxylic acids is 2. The van der Waals surface area contributed by atoms with Crippen LogP contribution in [0.1, 0.15) is 36.6 Å². The smallest absolute Gasteiger partial charge is 0.417 e. The number of rotatable bonds is 5. The highest BCUT2D eigenvalue weighted by Gasteiger charge is 2.37. The molecule has 4 rings (SSSR count). The summed E-state index contributed by atoms with van der Waals surface area (Å²) in [6.07, 6.45) is -3.71. The molecule has 0 saturated heterocycles. The number of alkyl halides is 3. The lowest BCUT2D eigenvalue weighted by molar-refractivity contribution is -0.137. The maximum atomic E-state index is 15.0. The Morgan fingerprint density at radius 3 is 2.36 bits per heavy atom. The topological polar surface area (TPSA) is 105 Å². The zero-order chi connectivity index (χ0) is 28.6. The minimum Gasteiger partial charge on any atom is -0.478 e. The van der Waals surface area contributed by atoms with Crippen LogP contribution in [0.15, 0.2) is 59.6 Å². The van der Waals surface area contributed by atoms with Crippen molar-refractivity contribution in [2.75, 3.05) is 14.1 Å². The summed E-state index contributed by atoms with van der Waals surface area (Å²) >= 11 is 6.02. The summed E-state index contributed by atoms with van der Waals surface area (Å²) in [6, 6.07) is 9.64. The standard InChI is InChI=1S/C26H17ClF4N4O4/c1-34(2)12-32-23(36)13-6-9-16-20(11-13)35(24(37)21-17(26(29,30)31)4-3-5-18(21)27)33-22(16)15-8-7-14(25(38)39)10-19(15)28/h3-12H,1-2H3,(H,38,39)/b32-12+. The number of carboxylic acids is 1. The van der Waals surface area contributed by atoms with Crippen LogP contribution in [0.2, 0.25) is 5.02 Å². The predicted molar refractivity (Wildman–Crippen MR) is 135 cm³/mol. The van der Waals surface area contributed by atoms with Gasteiger partial charge in [-0.15, -0.1) is 0 Å². The van der Waals surface area contributed by atoms with Gasteiger partial charge in [-0.2, -0.15) is 27.9 Å². The molecule has 1 heterocycles. The van der Waals surface area contributed by atoms with E-state index in [2.05, 4.69) is 10.1 Å². The van der Waals surface area contributed by atoms with Crippen LogP contribution < -0.4 is 0 Å². The van der Waals surface area contributed by atoms with E-state index >= 15 is 0 Å². The van der Waals surface area contributed by atoms with Crippen LogP contribution in [0.4, 0.5) is 17.6 Å². The Kier molecular flexibility index (Phi) is 7.25. The molecule has 39 heavy (non-hydrogen) atoms. The number of amides is 1. The fraction of sp³-hybridized carbons (Fsp3) is 0.115. The molecule has 0 spiro atoms. The molecule has 0 aliphatic rings. The van der Waals surface area contributed by atoms with Gasteiger partial charge in [0.2, 0.25) is 0 Å². The van der Waals surface area contributed by atoms with Gasteiger partial charge < -0.3 is 10.0 Å². The fourth-order valence-corrected chi connectivity index (χ4v) is 4.02. The Hall–Kier alpha value is -4.58. The van der Waals surface area contributed by atoms with Crippen molar-refractivity contribution < 1.29 is 37.1 Å². The molecule has 0 fully saturated rings. The molecule has 13 heteroatoms. The van der Waals surface area contributed by atoms with E-state index in [1.165, 1.54) is 29.4 Å². The Bertz CT molecular complexity index is 1680. The fourth-order valence-electron chi connectivity index (χ4n) is 3.77. The van der Waals surface area contributed by atoms with Crippen LogP contribution >= 0.6 is 11.6 Å². The molecule has 0 radical (unpaired) electrons. The molecule has 0 aliphatic carbocycles. The lowest BCUT2D eigenvalue weighted by atomic mass is 10.0.